The number of hydrogen-bond donors (Lipinski definition) is 1. The van der Waals surface area contributed by atoms with Crippen LogP contribution >= 0.6 is 11.6 Å². The van der Waals surface area contributed by atoms with Crippen LogP contribution in [0, 0.1) is 22.7 Å². The van der Waals surface area contributed by atoms with Crippen LogP contribution in [0.4, 0.5) is 11.4 Å². The molecule has 178 valence electrons. The van der Waals surface area contributed by atoms with Gasteiger partial charge in [-0.2, -0.15) is 5.26 Å². The monoisotopic (exact) mass is 476 g/mol. The molecular weight excluding hydrogens is 444 g/mol. The highest BCUT2D eigenvalue weighted by molar-refractivity contribution is 6.32. The SMILES string of the molecule is CC1CC2(CCN(c3ccc(C(=O)C4CCNCC4)cc3)CC2)CN1c1ccc(C#N)c(Cl)c1. The number of hydrogen-bond acceptors (Lipinski definition) is 5. The Morgan fingerprint density at radius 1 is 1.09 bits per heavy atom. The van der Waals surface area contributed by atoms with Crippen LogP contribution in [0.1, 0.15) is 54.9 Å². The number of ketones is 1. The van der Waals surface area contributed by atoms with Crippen LogP contribution in [0.3, 0.4) is 0 Å². The van der Waals surface area contributed by atoms with Gasteiger partial charge in [0.1, 0.15) is 6.07 Å². The van der Waals surface area contributed by atoms with Gasteiger partial charge in [0, 0.05) is 48.5 Å². The van der Waals surface area contributed by atoms with Crippen molar-refractivity contribution in [2.24, 2.45) is 11.3 Å². The van der Waals surface area contributed by atoms with Gasteiger partial charge in [0.15, 0.2) is 5.78 Å². The topological polar surface area (TPSA) is 59.4 Å². The van der Waals surface area contributed by atoms with Crippen molar-refractivity contribution in [2.45, 2.75) is 45.1 Å². The zero-order chi connectivity index (χ0) is 23.7. The molecule has 0 aliphatic carbocycles. The van der Waals surface area contributed by atoms with Crippen molar-refractivity contribution < 1.29 is 4.79 Å². The Bertz CT molecular complexity index is 1080. The maximum atomic E-state index is 12.8. The number of benzene rings is 2. The summed E-state index contributed by atoms with van der Waals surface area (Å²) in [5, 5.41) is 13.0. The Morgan fingerprint density at radius 2 is 1.76 bits per heavy atom. The molecule has 0 aromatic heterocycles. The number of carbonyl (C=O) groups is 1. The van der Waals surface area contributed by atoms with E-state index < -0.39 is 0 Å². The number of anilines is 2. The van der Waals surface area contributed by atoms with Gasteiger partial charge in [-0.3, -0.25) is 4.79 Å². The van der Waals surface area contributed by atoms with Crippen LogP contribution in [0.5, 0.6) is 0 Å². The maximum Gasteiger partial charge on any atom is 0.166 e. The Kier molecular flexibility index (Phi) is 6.55. The van der Waals surface area contributed by atoms with Gasteiger partial charge in [-0.15, -0.1) is 0 Å². The van der Waals surface area contributed by atoms with Gasteiger partial charge >= 0.3 is 0 Å². The predicted molar refractivity (Wildman–Crippen MR) is 138 cm³/mol. The number of Topliss-reactive ketones (excluding diaryl/α,β-unsaturated/α-hetero) is 1. The molecule has 3 aliphatic heterocycles. The fourth-order valence-electron chi connectivity index (χ4n) is 6.20. The van der Waals surface area contributed by atoms with E-state index in [9.17, 15) is 10.1 Å². The smallest absolute Gasteiger partial charge is 0.166 e. The summed E-state index contributed by atoms with van der Waals surface area (Å²) in [5.74, 6) is 0.467. The first-order valence-electron chi connectivity index (χ1n) is 12.5. The molecule has 3 aliphatic rings. The van der Waals surface area contributed by atoms with Gasteiger partial charge in [0.2, 0.25) is 0 Å². The zero-order valence-corrected chi connectivity index (χ0v) is 20.7. The minimum absolute atomic E-state index is 0.167. The van der Waals surface area contributed by atoms with E-state index >= 15 is 0 Å². The third-order valence-corrected chi connectivity index (χ3v) is 8.53. The molecule has 1 N–H and O–H groups in total. The first kappa shape index (κ1) is 23.2. The molecule has 3 saturated heterocycles. The number of carbonyl (C=O) groups excluding carboxylic acids is 1. The summed E-state index contributed by atoms with van der Waals surface area (Å²) in [6.07, 6.45) is 5.39. The van der Waals surface area contributed by atoms with Crippen LogP contribution in [-0.4, -0.2) is 44.5 Å². The minimum Gasteiger partial charge on any atom is -0.371 e. The summed E-state index contributed by atoms with van der Waals surface area (Å²) < 4.78 is 0. The van der Waals surface area contributed by atoms with E-state index in [4.69, 9.17) is 11.6 Å². The van der Waals surface area contributed by atoms with Crippen molar-refractivity contribution in [3.8, 4) is 6.07 Å². The van der Waals surface area contributed by atoms with Gasteiger partial charge in [-0.05, 0) is 100.0 Å². The molecule has 3 heterocycles. The highest BCUT2D eigenvalue weighted by Crippen LogP contribution is 2.46. The van der Waals surface area contributed by atoms with Crippen molar-refractivity contribution in [3.05, 3.63) is 58.6 Å². The molecule has 5 rings (SSSR count). The second-order valence-electron chi connectivity index (χ2n) is 10.4. The predicted octanol–water partition coefficient (Wildman–Crippen LogP) is 5.28. The van der Waals surface area contributed by atoms with E-state index in [1.807, 2.05) is 30.3 Å². The van der Waals surface area contributed by atoms with Gasteiger partial charge < -0.3 is 15.1 Å². The van der Waals surface area contributed by atoms with Crippen molar-refractivity contribution in [1.29, 1.82) is 5.26 Å². The van der Waals surface area contributed by atoms with Gasteiger partial charge in [-0.1, -0.05) is 11.6 Å². The molecule has 2 aromatic carbocycles. The van der Waals surface area contributed by atoms with Crippen LogP contribution in [-0.2, 0) is 0 Å². The summed E-state index contributed by atoms with van der Waals surface area (Å²) in [4.78, 5) is 17.8. The fraction of sp³-hybridized carbons (Fsp3) is 0.500. The molecule has 1 spiro atoms. The largest absolute Gasteiger partial charge is 0.371 e. The molecule has 34 heavy (non-hydrogen) atoms. The second kappa shape index (κ2) is 9.60. The Balaban J connectivity index is 1.21. The quantitative estimate of drug-likeness (QED) is 0.608. The molecule has 5 nitrogen and oxygen atoms in total. The van der Waals surface area contributed by atoms with Crippen LogP contribution in [0.2, 0.25) is 5.02 Å². The first-order chi connectivity index (χ1) is 16.5. The molecule has 0 bridgehead atoms. The molecular formula is C28H33ClN4O. The Labute approximate surface area is 207 Å². The van der Waals surface area contributed by atoms with Crippen molar-refractivity contribution in [3.63, 3.8) is 0 Å². The average Bonchev–Trinajstić information content (AvgIpc) is 3.20. The zero-order valence-electron chi connectivity index (χ0n) is 19.9. The molecule has 3 fully saturated rings. The Hall–Kier alpha value is -2.55. The number of nitrogens with one attached hydrogen (secondary N) is 1. The Morgan fingerprint density at radius 3 is 2.41 bits per heavy atom. The number of nitrogens with zero attached hydrogens (tertiary/aromatic N) is 3. The van der Waals surface area contributed by atoms with Gasteiger partial charge in [0.25, 0.3) is 0 Å². The van der Waals surface area contributed by atoms with Crippen LogP contribution in [0.15, 0.2) is 42.5 Å². The lowest BCUT2D eigenvalue weighted by Gasteiger charge is -2.40. The number of rotatable bonds is 4. The molecule has 1 unspecified atom stereocenters. The fourth-order valence-corrected chi connectivity index (χ4v) is 6.41. The number of piperidine rings is 2. The van der Waals surface area contributed by atoms with Crippen LogP contribution in [0.25, 0.3) is 0 Å². The molecule has 0 amide bonds. The third kappa shape index (κ3) is 4.54. The van der Waals surface area contributed by atoms with E-state index in [1.165, 1.54) is 12.1 Å². The summed E-state index contributed by atoms with van der Waals surface area (Å²) >= 11 is 6.31. The van der Waals surface area contributed by atoms with E-state index in [1.54, 1.807) is 0 Å². The van der Waals surface area contributed by atoms with E-state index in [2.05, 4.69) is 40.2 Å². The number of nitriles is 1. The summed E-state index contributed by atoms with van der Waals surface area (Å²) in [5.41, 5.74) is 4.04. The maximum absolute atomic E-state index is 12.8. The van der Waals surface area contributed by atoms with Crippen molar-refractivity contribution >= 4 is 28.8 Å². The minimum atomic E-state index is 0.167. The van der Waals surface area contributed by atoms with Crippen molar-refractivity contribution in [1.82, 2.24) is 5.32 Å². The van der Waals surface area contributed by atoms with Gasteiger partial charge in [0.05, 0.1) is 10.6 Å². The average molecular weight is 477 g/mol. The molecule has 6 heteroatoms. The summed E-state index contributed by atoms with van der Waals surface area (Å²) in [6, 6.07) is 16.7. The van der Waals surface area contributed by atoms with E-state index in [-0.39, 0.29) is 5.92 Å². The molecule has 0 saturated carbocycles. The van der Waals surface area contributed by atoms with E-state index in [0.717, 1.165) is 69.7 Å². The van der Waals surface area contributed by atoms with Crippen molar-refractivity contribution in [2.75, 3.05) is 42.5 Å². The van der Waals surface area contributed by atoms with Crippen LogP contribution < -0.4 is 15.1 Å². The normalized spacial score (nSPS) is 22.7. The summed E-state index contributed by atoms with van der Waals surface area (Å²) in [7, 11) is 0. The third-order valence-electron chi connectivity index (χ3n) is 8.22. The van der Waals surface area contributed by atoms with Gasteiger partial charge in [-0.25, -0.2) is 0 Å². The standard InChI is InChI=1S/C28H33ClN4O/c1-20-17-28(19-33(20)25-7-4-23(18-30)26(29)16-25)10-14-32(15-11-28)24-5-2-21(3-6-24)27(34)22-8-12-31-13-9-22/h2-7,16,20,22,31H,8-15,17,19H2,1H3. The summed E-state index contributed by atoms with van der Waals surface area (Å²) in [6.45, 7) is 7.29. The molecule has 1 atom stereocenters. The molecule has 2 aromatic rings. The first-order valence-corrected chi connectivity index (χ1v) is 12.9. The lowest BCUT2D eigenvalue weighted by atomic mass is 9.76. The lowest BCUT2D eigenvalue weighted by molar-refractivity contribution is 0.0895. The highest BCUT2D eigenvalue weighted by Gasteiger charge is 2.44. The van der Waals surface area contributed by atoms with E-state index in [0.29, 0.717) is 27.8 Å². The molecule has 0 radical (unpaired) electrons. The highest BCUT2D eigenvalue weighted by atomic mass is 35.5. The lowest BCUT2D eigenvalue weighted by Crippen LogP contribution is -2.41. The number of halogens is 1. The second-order valence-corrected chi connectivity index (χ2v) is 10.8.